The van der Waals surface area contributed by atoms with Gasteiger partial charge in [-0.05, 0) is 22.7 Å². The van der Waals surface area contributed by atoms with Crippen LogP contribution in [0.3, 0.4) is 0 Å². The number of rotatable bonds is 7. The van der Waals surface area contributed by atoms with Crippen LogP contribution in [0.15, 0.2) is 12.5 Å². The summed E-state index contributed by atoms with van der Waals surface area (Å²) in [5.41, 5.74) is -0.816. The lowest BCUT2D eigenvalue weighted by molar-refractivity contribution is -0.389. The first-order valence-electron chi connectivity index (χ1n) is 6.59. The Morgan fingerprint density at radius 3 is 2.71 bits per heavy atom. The quantitative estimate of drug-likeness (QED) is 0.558. The van der Waals surface area contributed by atoms with Gasteiger partial charge in [-0.25, -0.2) is 0 Å². The van der Waals surface area contributed by atoms with E-state index in [1.807, 2.05) is 0 Å². The first kappa shape index (κ1) is 14.9. The van der Waals surface area contributed by atoms with E-state index >= 15 is 0 Å². The van der Waals surface area contributed by atoms with Gasteiger partial charge in [0.15, 0.2) is 0 Å². The molecule has 0 unspecified atom stereocenters. The van der Waals surface area contributed by atoms with Gasteiger partial charge in [-0.1, -0.05) is 6.42 Å². The van der Waals surface area contributed by atoms with Gasteiger partial charge in [0.05, 0.1) is 5.41 Å². The van der Waals surface area contributed by atoms with Crippen LogP contribution < -0.4 is 5.32 Å². The smallest absolute Gasteiger partial charge is 0.381 e. The molecule has 1 amide bonds. The molecule has 9 heteroatoms. The molecule has 114 valence electrons. The van der Waals surface area contributed by atoms with Crippen molar-refractivity contribution in [2.24, 2.45) is 5.41 Å². The van der Waals surface area contributed by atoms with E-state index in [0.29, 0.717) is 12.8 Å². The molecule has 1 heterocycles. The fourth-order valence-electron chi connectivity index (χ4n) is 2.22. The number of aromatic nitrogens is 2. The summed E-state index contributed by atoms with van der Waals surface area (Å²) < 4.78 is 1.45. The van der Waals surface area contributed by atoms with Crippen LogP contribution >= 0.6 is 0 Å². The second-order valence-corrected chi connectivity index (χ2v) is 5.19. The Kier molecular flexibility index (Phi) is 4.20. The van der Waals surface area contributed by atoms with E-state index in [-0.39, 0.29) is 31.2 Å². The molecule has 0 bridgehead atoms. The highest BCUT2D eigenvalue weighted by Crippen LogP contribution is 2.40. The molecule has 1 aromatic rings. The van der Waals surface area contributed by atoms with Crippen LogP contribution in [-0.2, 0) is 16.1 Å². The zero-order valence-electron chi connectivity index (χ0n) is 11.3. The molecule has 0 spiro atoms. The molecular weight excluding hydrogens is 280 g/mol. The first-order valence-corrected chi connectivity index (χ1v) is 6.59. The lowest BCUT2D eigenvalue weighted by Gasteiger charge is -2.37. The third-order valence-corrected chi connectivity index (χ3v) is 3.79. The highest BCUT2D eigenvalue weighted by molar-refractivity contribution is 5.79. The number of nitrogens with one attached hydrogen (secondary N) is 1. The predicted molar refractivity (Wildman–Crippen MR) is 70.4 cm³/mol. The maximum atomic E-state index is 11.7. The van der Waals surface area contributed by atoms with Gasteiger partial charge >= 0.3 is 11.8 Å². The Morgan fingerprint density at radius 1 is 1.52 bits per heavy atom. The molecule has 0 saturated heterocycles. The summed E-state index contributed by atoms with van der Waals surface area (Å²) >= 11 is 0. The summed E-state index contributed by atoms with van der Waals surface area (Å²) in [6.07, 6.45) is 4.67. The van der Waals surface area contributed by atoms with E-state index in [4.69, 9.17) is 5.11 Å². The number of carboxylic acid groups (broad SMARTS) is 1. The molecule has 1 aromatic heterocycles. The van der Waals surface area contributed by atoms with Crippen molar-refractivity contribution >= 4 is 17.7 Å². The lowest BCUT2D eigenvalue weighted by Crippen LogP contribution is -2.47. The van der Waals surface area contributed by atoms with Crippen LogP contribution in [0, 0.1) is 15.5 Å². The Hall–Kier alpha value is -2.45. The maximum Gasteiger partial charge on any atom is 0.381 e. The minimum Gasteiger partial charge on any atom is -0.481 e. The van der Waals surface area contributed by atoms with E-state index in [0.717, 1.165) is 6.42 Å². The fourth-order valence-corrected chi connectivity index (χ4v) is 2.22. The summed E-state index contributed by atoms with van der Waals surface area (Å²) in [6.45, 7) is 0.387. The van der Waals surface area contributed by atoms with Crippen molar-refractivity contribution in [1.82, 2.24) is 14.9 Å². The van der Waals surface area contributed by atoms with E-state index in [1.165, 1.54) is 17.1 Å². The normalized spacial score (nSPS) is 16.0. The molecule has 1 saturated carbocycles. The van der Waals surface area contributed by atoms with Gasteiger partial charge in [-0.15, -0.1) is 0 Å². The zero-order valence-corrected chi connectivity index (χ0v) is 11.3. The number of amides is 1. The van der Waals surface area contributed by atoms with Crippen molar-refractivity contribution in [3.63, 3.8) is 0 Å². The van der Waals surface area contributed by atoms with Crippen LogP contribution in [-0.4, -0.2) is 38.0 Å². The lowest BCUT2D eigenvalue weighted by atomic mass is 9.69. The highest BCUT2D eigenvalue weighted by atomic mass is 16.6. The monoisotopic (exact) mass is 296 g/mol. The molecule has 1 aliphatic carbocycles. The van der Waals surface area contributed by atoms with Crippen molar-refractivity contribution in [1.29, 1.82) is 0 Å². The van der Waals surface area contributed by atoms with Gasteiger partial charge in [0.2, 0.25) is 12.2 Å². The molecule has 2 rings (SSSR count). The summed E-state index contributed by atoms with van der Waals surface area (Å²) in [5, 5.41) is 22.2. The SMILES string of the molecule is O=C(CCn1cnc([N+](=O)[O-])c1)NCC1(C(=O)O)CCC1. The predicted octanol–water partition coefficient (Wildman–Crippen LogP) is 0.552. The van der Waals surface area contributed by atoms with E-state index in [2.05, 4.69) is 10.3 Å². The number of imidazole rings is 1. The Bertz CT molecular complexity index is 564. The number of nitro groups is 1. The number of nitrogens with zero attached hydrogens (tertiary/aromatic N) is 3. The summed E-state index contributed by atoms with van der Waals surface area (Å²) in [4.78, 5) is 36.3. The molecule has 0 aliphatic heterocycles. The molecule has 9 nitrogen and oxygen atoms in total. The molecule has 1 fully saturated rings. The Balaban J connectivity index is 1.77. The molecule has 2 N–H and O–H groups in total. The van der Waals surface area contributed by atoms with Gasteiger partial charge in [0.1, 0.15) is 6.20 Å². The zero-order chi connectivity index (χ0) is 15.5. The number of hydrogen-bond acceptors (Lipinski definition) is 5. The van der Waals surface area contributed by atoms with Crippen molar-refractivity contribution in [2.45, 2.75) is 32.2 Å². The second kappa shape index (κ2) is 5.90. The van der Waals surface area contributed by atoms with Crippen LogP contribution in [0.25, 0.3) is 0 Å². The Labute approximate surface area is 120 Å². The average molecular weight is 296 g/mol. The highest BCUT2D eigenvalue weighted by Gasteiger charge is 2.44. The number of carboxylic acids is 1. The largest absolute Gasteiger partial charge is 0.481 e. The fraction of sp³-hybridized carbons (Fsp3) is 0.583. The maximum absolute atomic E-state index is 11.7. The number of aryl methyl sites for hydroxylation is 1. The van der Waals surface area contributed by atoms with Crippen molar-refractivity contribution in [3.05, 3.63) is 22.6 Å². The van der Waals surface area contributed by atoms with Crippen molar-refractivity contribution < 1.29 is 19.6 Å². The van der Waals surface area contributed by atoms with E-state index in [9.17, 15) is 19.7 Å². The Morgan fingerprint density at radius 2 is 2.24 bits per heavy atom. The molecule has 0 aromatic carbocycles. The van der Waals surface area contributed by atoms with Gasteiger partial charge in [-0.2, -0.15) is 0 Å². The van der Waals surface area contributed by atoms with Gasteiger partial charge < -0.3 is 25.1 Å². The van der Waals surface area contributed by atoms with Crippen LogP contribution in [0.1, 0.15) is 25.7 Å². The topological polar surface area (TPSA) is 127 Å². The summed E-state index contributed by atoms with van der Waals surface area (Å²) in [6, 6.07) is 0. The minimum absolute atomic E-state index is 0.114. The van der Waals surface area contributed by atoms with Crippen LogP contribution in [0.4, 0.5) is 5.82 Å². The summed E-state index contributed by atoms with van der Waals surface area (Å²) in [5.74, 6) is -1.42. The molecule has 0 radical (unpaired) electrons. The van der Waals surface area contributed by atoms with Crippen LogP contribution in [0.5, 0.6) is 0 Å². The van der Waals surface area contributed by atoms with E-state index < -0.39 is 16.3 Å². The van der Waals surface area contributed by atoms with Crippen molar-refractivity contribution in [2.75, 3.05) is 6.54 Å². The van der Waals surface area contributed by atoms with E-state index in [1.54, 1.807) is 0 Å². The molecular formula is C12H16N4O5. The molecule has 21 heavy (non-hydrogen) atoms. The third kappa shape index (κ3) is 3.36. The second-order valence-electron chi connectivity index (χ2n) is 5.19. The first-order chi connectivity index (χ1) is 9.93. The minimum atomic E-state index is -0.876. The third-order valence-electron chi connectivity index (χ3n) is 3.79. The average Bonchev–Trinajstić information content (AvgIpc) is 2.83. The number of hydrogen-bond donors (Lipinski definition) is 2. The van der Waals surface area contributed by atoms with Crippen molar-refractivity contribution in [3.8, 4) is 0 Å². The number of aliphatic carboxylic acids is 1. The standard InChI is InChI=1S/C12H16N4O5/c17-10(13-7-12(11(18)19)3-1-4-12)2-5-15-6-9(14-8-15)16(20)21/h6,8H,1-5,7H2,(H,13,17)(H,18,19). The van der Waals surface area contributed by atoms with Gasteiger partial charge in [0, 0.05) is 19.5 Å². The number of carbonyl (C=O) groups is 2. The number of carbonyl (C=O) groups excluding carboxylic acids is 1. The van der Waals surface area contributed by atoms with Crippen LogP contribution in [0.2, 0.25) is 0 Å². The summed E-state index contributed by atoms with van der Waals surface area (Å²) in [7, 11) is 0. The van der Waals surface area contributed by atoms with Gasteiger partial charge in [0.25, 0.3) is 0 Å². The van der Waals surface area contributed by atoms with Gasteiger partial charge in [-0.3, -0.25) is 9.59 Å². The molecule has 0 atom stereocenters. The molecule has 1 aliphatic rings.